The quantitative estimate of drug-likeness (QED) is 0.287. The van der Waals surface area contributed by atoms with Gasteiger partial charge in [-0.25, -0.2) is 8.42 Å². The van der Waals surface area contributed by atoms with Crippen molar-refractivity contribution in [3.63, 3.8) is 0 Å². The maximum Gasteiger partial charge on any atom is 0.417 e. The fraction of sp³-hybridized carbons (Fsp3) is 0.576. The summed E-state index contributed by atoms with van der Waals surface area (Å²) in [6.45, 7) is 4.55. The van der Waals surface area contributed by atoms with Crippen molar-refractivity contribution >= 4 is 21.8 Å². The smallest absolute Gasteiger partial charge is 0.390 e. The van der Waals surface area contributed by atoms with Crippen LogP contribution in [0.2, 0.25) is 0 Å². The van der Waals surface area contributed by atoms with Gasteiger partial charge in [0.05, 0.1) is 35.9 Å². The lowest BCUT2D eigenvalue weighted by molar-refractivity contribution is -0.139. The Labute approximate surface area is 284 Å². The molecule has 6 rings (SSSR count). The highest BCUT2D eigenvalue weighted by molar-refractivity contribution is 7.99. The summed E-state index contributed by atoms with van der Waals surface area (Å²) in [6, 6.07) is 9.50. The first-order chi connectivity index (χ1) is 22.8. The molecule has 0 amide bonds. The number of hydrogen-bond donors (Lipinski definition) is 2. The molecule has 10 nitrogen and oxygen atoms in total. The normalized spacial score (nSPS) is 20.2. The van der Waals surface area contributed by atoms with Crippen molar-refractivity contribution in [1.82, 2.24) is 28.9 Å². The summed E-state index contributed by atoms with van der Waals surface area (Å²) in [5, 5.41) is 27.2. The molecular formula is C33H43F3N6O4S2. The third-order valence-corrected chi connectivity index (χ3v) is 12.0. The van der Waals surface area contributed by atoms with E-state index in [0.29, 0.717) is 73.7 Å². The number of fused-ring (bicyclic) bond motifs is 1. The van der Waals surface area contributed by atoms with Crippen LogP contribution in [0, 0.1) is 0 Å². The molecule has 3 aliphatic rings. The molecule has 0 spiro atoms. The topological polar surface area (TPSA) is 115 Å². The van der Waals surface area contributed by atoms with E-state index in [1.165, 1.54) is 28.2 Å². The van der Waals surface area contributed by atoms with E-state index in [4.69, 9.17) is 5.10 Å². The summed E-state index contributed by atoms with van der Waals surface area (Å²) >= 11 is 1.18. The van der Waals surface area contributed by atoms with Gasteiger partial charge in [0, 0.05) is 79.4 Å². The Morgan fingerprint density at radius 2 is 1.77 bits per heavy atom. The lowest BCUT2D eigenvalue weighted by Crippen LogP contribution is -2.46. The molecule has 2 fully saturated rings. The first-order valence-electron chi connectivity index (χ1n) is 16.4. The molecule has 0 bridgehead atoms. The Morgan fingerprint density at radius 1 is 1.02 bits per heavy atom. The van der Waals surface area contributed by atoms with E-state index >= 15 is 0 Å². The molecule has 262 valence electrons. The maximum atomic E-state index is 14.1. The van der Waals surface area contributed by atoms with Gasteiger partial charge in [-0.3, -0.25) is 9.67 Å². The van der Waals surface area contributed by atoms with E-state index in [2.05, 4.69) is 14.8 Å². The zero-order chi connectivity index (χ0) is 34.1. The molecular weight excluding hydrogens is 666 g/mol. The Balaban J connectivity index is 1.22. The number of β-amino-alcohol motifs (C(OH)–C–C–N with tert-alkyl or cyclic N) is 1. The third-order valence-electron chi connectivity index (χ3n) is 9.67. The third kappa shape index (κ3) is 8.09. The summed E-state index contributed by atoms with van der Waals surface area (Å²) in [7, 11) is -3.53. The van der Waals surface area contributed by atoms with Crippen LogP contribution in [0.4, 0.5) is 13.2 Å². The Kier molecular flexibility index (Phi) is 10.6. The predicted octanol–water partition coefficient (Wildman–Crippen LogP) is 3.81. The first kappa shape index (κ1) is 35.3. The lowest BCUT2D eigenvalue weighted by atomic mass is 9.87. The van der Waals surface area contributed by atoms with Gasteiger partial charge in [0.25, 0.3) is 0 Å². The maximum absolute atomic E-state index is 14.1. The second-order valence-corrected chi connectivity index (χ2v) is 16.2. The summed E-state index contributed by atoms with van der Waals surface area (Å²) in [5.41, 5.74) is 1.25. The molecule has 2 saturated heterocycles. The lowest BCUT2D eigenvalue weighted by Gasteiger charge is -2.38. The van der Waals surface area contributed by atoms with Gasteiger partial charge in [-0.1, -0.05) is 12.1 Å². The Morgan fingerprint density at radius 3 is 2.44 bits per heavy atom. The number of aliphatic hydroxyl groups excluding tert-OH is 1. The van der Waals surface area contributed by atoms with E-state index in [9.17, 15) is 31.8 Å². The van der Waals surface area contributed by atoms with Crippen molar-refractivity contribution in [2.75, 3.05) is 57.8 Å². The van der Waals surface area contributed by atoms with Crippen molar-refractivity contribution in [2.45, 2.75) is 68.0 Å². The number of alkyl halides is 3. The SMILES string of the molecule is CS(=O)(=O)N1CCc2c(c(-c3ccc(C(F)(F)F)c(SCCN4CCCC4)c3)nn2CC(O)CN2CCC(O)(c3ccccn3)CC2)C1. The van der Waals surface area contributed by atoms with Crippen LogP contribution < -0.4 is 0 Å². The molecule has 1 atom stereocenters. The number of aromatic nitrogens is 3. The average Bonchev–Trinajstić information content (AvgIpc) is 3.70. The van der Waals surface area contributed by atoms with Crippen molar-refractivity contribution in [3.05, 3.63) is 65.1 Å². The molecule has 2 N–H and O–H groups in total. The van der Waals surface area contributed by atoms with E-state index in [1.807, 2.05) is 18.2 Å². The number of aliphatic hydroxyl groups is 2. The molecule has 3 aliphatic heterocycles. The van der Waals surface area contributed by atoms with Crippen LogP contribution in [0.15, 0.2) is 47.5 Å². The molecule has 0 aliphatic carbocycles. The van der Waals surface area contributed by atoms with Gasteiger partial charge in [-0.05, 0) is 63.0 Å². The second kappa shape index (κ2) is 14.4. The summed E-state index contributed by atoms with van der Waals surface area (Å²) in [5.74, 6) is 0.517. The average molecular weight is 709 g/mol. The minimum absolute atomic E-state index is 0.0519. The number of halogens is 3. The fourth-order valence-corrected chi connectivity index (χ4v) is 8.91. The molecule has 0 radical (unpaired) electrons. The van der Waals surface area contributed by atoms with Crippen LogP contribution in [0.1, 0.15) is 48.2 Å². The molecule has 1 unspecified atom stereocenters. The number of hydrogen-bond acceptors (Lipinski definition) is 9. The van der Waals surface area contributed by atoms with Gasteiger partial charge >= 0.3 is 6.18 Å². The highest BCUT2D eigenvalue weighted by atomic mass is 32.2. The number of sulfonamides is 1. The van der Waals surface area contributed by atoms with Crippen molar-refractivity contribution in [1.29, 1.82) is 0 Å². The zero-order valence-electron chi connectivity index (χ0n) is 27.1. The molecule has 1 aromatic carbocycles. The first-order valence-corrected chi connectivity index (χ1v) is 19.3. The molecule has 5 heterocycles. The van der Waals surface area contributed by atoms with E-state index in [1.54, 1.807) is 10.9 Å². The number of likely N-dealkylation sites (tertiary alicyclic amines) is 2. The fourth-order valence-electron chi connectivity index (χ4n) is 7.00. The van der Waals surface area contributed by atoms with Gasteiger partial charge in [0.2, 0.25) is 10.0 Å². The summed E-state index contributed by atoms with van der Waals surface area (Å²) < 4.78 is 70.3. The molecule has 15 heteroatoms. The second-order valence-electron chi connectivity index (χ2n) is 13.1. The summed E-state index contributed by atoms with van der Waals surface area (Å²) in [4.78, 5) is 8.80. The Hall–Kier alpha value is -2.53. The van der Waals surface area contributed by atoms with Crippen LogP contribution in [0.3, 0.4) is 0 Å². The van der Waals surface area contributed by atoms with Crippen molar-refractivity contribution in [3.8, 4) is 11.3 Å². The van der Waals surface area contributed by atoms with E-state index in [0.717, 1.165) is 43.9 Å². The summed E-state index contributed by atoms with van der Waals surface area (Å²) in [6.07, 6.45) is 0.997. The number of thioether (sulfide) groups is 1. The van der Waals surface area contributed by atoms with Crippen LogP contribution in [-0.2, 0) is 41.3 Å². The zero-order valence-corrected chi connectivity index (χ0v) is 28.7. The number of rotatable bonds is 11. The number of piperidine rings is 1. The van der Waals surface area contributed by atoms with Crippen molar-refractivity contribution in [2.24, 2.45) is 0 Å². The van der Waals surface area contributed by atoms with Crippen LogP contribution in [-0.4, -0.2) is 111 Å². The molecule has 2 aromatic heterocycles. The van der Waals surface area contributed by atoms with Crippen LogP contribution >= 0.6 is 11.8 Å². The molecule has 3 aromatic rings. The van der Waals surface area contributed by atoms with Gasteiger partial charge in [0.1, 0.15) is 5.60 Å². The minimum Gasteiger partial charge on any atom is -0.390 e. The van der Waals surface area contributed by atoms with E-state index < -0.39 is 33.5 Å². The highest BCUT2D eigenvalue weighted by Crippen LogP contribution is 2.40. The van der Waals surface area contributed by atoms with Crippen LogP contribution in [0.5, 0.6) is 0 Å². The Bertz CT molecular complexity index is 1670. The van der Waals surface area contributed by atoms with E-state index in [-0.39, 0.29) is 24.5 Å². The molecule has 0 saturated carbocycles. The number of nitrogens with zero attached hydrogens (tertiary/aromatic N) is 6. The van der Waals surface area contributed by atoms with Gasteiger partial charge in [0.15, 0.2) is 0 Å². The van der Waals surface area contributed by atoms with Gasteiger partial charge in [-0.15, -0.1) is 11.8 Å². The van der Waals surface area contributed by atoms with Crippen LogP contribution in [0.25, 0.3) is 11.3 Å². The van der Waals surface area contributed by atoms with Crippen molar-refractivity contribution < 1.29 is 31.8 Å². The minimum atomic E-state index is -4.52. The number of benzene rings is 1. The molecule has 48 heavy (non-hydrogen) atoms. The highest BCUT2D eigenvalue weighted by Gasteiger charge is 2.37. The van der Waals surface area contributed by atoms with Gasteiger partial charge in [-0.2, -0.15) is 22.6 Å². The predicted molar refractivity (Wildman–Crippen MR) is 178 cm³/mol. The number of pyridine rings is 1. The standard InChI is InChI=1S/C33H43F3N6O4S2/c1-48(45,46)41-15-9-28-26(23-41)31(24-7-8-27(33(34,35)36)29(20-24)47-19-18-39-13-4-5-14-39)38-42(28)22-25(43)21-40-16-10-32(44,11-17-40)30-6-2-3-12-37-30/h2-3,6-8,12,20,25,43-44H,4-5,9-11,13-19,21-23H2,1H3. The largest absolute Gasteiger partial charge is 0.417 e. The monoisotopic (exact) mass is 708 g/mol. The van der Waals surface area contributed by atoms with Gasteiger partial charge < -0.3 is 20.0 Å².